The normalized spacial score (nSPS) is 24.9. The van der Waals surface area contributed by atoms with E-state index in [1.807, 2.05) is 25.1 Å². The highest BCUT2D eigenvalue weighted by Crippen LogP contribution is 2.41. The van der Waals surface area contributed by atoms with Gasteiger partial charge in [-0.05, 0) is 55.5 Å². The Morgan fingerprint density at radius 3 is 2.56 bits per heavy atom. The molecule has 2 aromatic rings. The Hall–Kier alpha value is -1.89. The third-order valence-corrected chi connectivity index (χ3v) is 7.83. The lowest BCUT2D eigenvalue weighted by molar-refractivity contribution is 0.0917. The second-order valence-corrected chi connectivity index (χ2v) is 9.63. The van der Waals surface area contributed by atoms with E-state index in [2.05, 4.69) is 5.32 Å². The molecule has 2 bridgehead atoms. The van der Waals surface area contributed by atoms with Gasteiger partial charge >= 0.3 is 0 Å². The van der Waals surface area contributed by atoms with E-state index in [1.165, 1.54) is 10.4 Å². The lowest BCUT2D eigenvalue weighted by Gasteiger charge is -2.33. The van der Waals surface area contributed by atoms with Crippen LogP contribution in [0.5, 0.6) is 0 Å². The maximum absolute atomic E-state index is 13.1. The summed E-state index contributed by atoms with van der Waals surface area (Å²) in [6.07, 6.45) is 1.59. The largest absolute Gasteiger partial charge is 0.348 e. The molecule has 142 valence electrons. The Morgan fingerprint density at radius 1 is 1.15 bits per heavy atom. The van der Waals surface area contributed by atoms with Gasteiger partial charge in [-0.3, -0.25) is 4.79 Å². The molecule has 2 aliphatic rings. The van der Waals surface area contributed by atoms with Gasteiger partial charge in [-0.15, -0.1) is 0 Å². The first-order valence-electron chi connectivity index (χ1n) is 9.00. The number of rotatable bonds is 4. The molecule has 1 aliphatic carbocycles. The first-order valence-corrected chi connectivity index (χ1v) is 10.8. The third-order valence-electron chi connectivity index (χ3n) is 5.54. The molecule has 2 aromatic carbocycles. The van der Waals surface area contributed by atoms with Gasteiger partial charge in [-0.1, -0.05) is 35.9 Å². The topological polar surface area (TPSA) is 66.5 Å². The van der Waals surface area contributed by atoms with Gasteiger partial charge in [0.2, 0.25) is 10.0 Å². The highest BCUT2D eigenvalue weighted by molar-refractivity contribution is 7.89. The fourth-order valence-corrected chi connectivity index (χ4v) is 6.14. The number of benzene rings is 2. The number of amides is 1. The van der Waals surface area contributed by atoms with Gasteiger partial charge in [-0.2, -0.15) is 4.31 Å². The second kappa shape index (κ2) is 6.93. The molecule has 0 unspecified atom stereocenters. The van der Waals surface area contributed by atoms with Gasteiger partial charge in [0.1, 0.15) is 0 Å². The number of nitrogens with zero attached hydrogens (tertiary/aromatic N) is 1. The van der Waals surface area contributed by atoms with Crippen molar-refractivity contribution < 1.29 is 13.2 Å². The minimum absolute atomic E-state index is 0.163. The molecular weight excluding hydrogens is 384 g/mol. The van der Waals surface area contributed by atoms with E-state index in [0.717, 1.165) is 18.4 Å². The van der Waals surface area contributed by atoms with Crippen molar-refractivity contribution in [1.82, 2.24) is 9.62 Å². The summed E-state index contributed by atoms with van der Waals surface area (Å²) in [5.74, 6) is 0.107. The third kappa shape index (κ3) is 3.37. The van der Waals surface area contributed by atoms with Crippen LogP contribution in [0.15, 0.2) is 53.4 Å². The van der Waals surface area contributed by atoms with E-state index >= 15 is 0 Å². The quantitative estimate of drug-likeness (QED) is 0.850. The van der Waals surface area contributed by atoms with Crippen LogP contribution < -0.4 is 5.32 Å². The molecule has 1 saturated carbocycles. The standard InChI is InChI=1S/C20H21ClN2O3S/c1-13-7-8-16(11-17(13)21)27(25,26)23-12-14-9-18(19(23)10-14)22-20(24)15-5-3-2-4-6-15/h2-8,11,14,18-19H,9-10,12H2,1H3,(H,22,24)/t14-,18+,19-/m1/s1. The predicted molar refractivity (Wildman–Crippen MR) is 104 cm³/mol. The Kier molecular flexibility index (Phi) is 4.74. The van der Waals surface area contributed by atoms with Crippen molar-refractivity contribution in [2.75, 3.05) is 6.54 Å². The van der Waals surface area contributed by atoms with Crippen LogP contribution in [0.25, 0.3) is 0 Å². The van der Waals surface area contributed by atoms with Crippen molar-refractivity contribution >= 4 is 27.5 Å². The number of hydrogen-bond acceptors (Lipinski definition) is 3. The minimum Gasteiger partial charge on any atom is -0.348 e. The maximum atomic E-state index is 13.1. The van der Waals surface area contributed by atoms with E-state index < -0.39 is 10.0 Å². The monoisotopic (exact) mass is 404 g/mol. The summed E-state index contributed by atoms with van der Waals surface area (Å²) < 4.78 is 27.8. The van der Waals surface area contributed by atoms with Crippen molar-refractivity contribution in [2.24, 2.45) is 5.92 Å². The molecule has 3 atom stereocenters. The zero-order valence-electron chi connectivity index (χ0n) is 14.9. The number of halogens is 1. The number of carbonyl (C=O) groups is 1. The van der Waals surface area contributed by atoms with Crippen LogP contribution in [0.1, 0.15) is 28.8 Å². The van der Waals surface area contributed by atoms with Gasteiger partial charge in [0.05, 0.1) is 4.90 Å². The van der Waals surface area contributed by atoms with Crippen LogP contribution in [0.2, 0.25) is 5.02 Å². The molecule has 1 saturated heterocycles. The average molecular weight is 405 g/mol. The Labute approximate surface area is 164 Å². The van der Waals surface area contributed by atoms with Crippen LogP contribution in [0, 0.1) is 12.8 Å². The van der Waals surface area contributed by atoms with Crippen molar-refractivity contribution in [3.63, 3.8) is 0 Å². The summed E-state index contributed by atoms with van der Waals surface area (Å²) in [6, 6.07) is 13.4. The number of hydrogen-bond donors (Lipinski definition) is 1. The molecule has 27 heavy (non-hydrogen) atoms. The second-order valence-electron chi connectivity index (χ2n) is 7.34. The lowest BCUT2D eigenvalue weighted by atomic mass is 10.1. The van der Waals surface area contributed by atoms with E-state index in [-0.39, 0.29) is 28.8 Å². The van der Waals surface area contributed by atoms with Crippen molar-refractivity contribution in [2.45, 2.75) is 36.7 Å². The molecule has 0 spiro atoms. The highest BCUT2D eigenvalue weighted by atomic mass is 35.5. The van der Waals surface area contributed by atoms with Gasteiger partial charge in [-0.25, -0.2) is 8.42 Å². The smallest absolute Gasteiger partial charge is 0.251 e. The van der Waals surface area contributed by atoms with Gasteiger partial charge in [0.25, 0.3) is 5.91 Å². The van der Waals surface area contributed by atoms with Gasteiger partial charge in [0.15, 0.2) is 0 Å². The highest BCUT2D eigenvalue weighted by Gasteiger charge is 2.50. The van der Waals surface area contributed by atoms with E-state index in [4.69, 9.17) is 11.6 Å². The molecule has 5 nitrogen and oxygen atoms in total. The lowest BCUT2D eigenvalue weighted by Crippen LogP contribution is -2.51. The first-order chi connectivity index (χ1) is 12.9. The zero-order chi connectivity index (χ0) is 19.2. The molecule has 2 fully saturated rings. The Balaban J connectivity index is 1.55. The van der Waals surface area contributed by atoms with Crippen LogP contribution in [-0.4, -0.2) is 37.3 Å². The fourth-order valence-electron chi connectivity index (χ4n) is 4.12. The van der Waals surface area contributed by atoms with Crippen molar-refractivity contribution in [3.05, 3.63) is 64.7 Å². The molecule has 4 rings (SSSR count). The molecule has 0 aromatic heterocycles. The zero-order valence-corrected chi connectivity index (χ0v) is 16.5. The summed E-state index contributed by atoms with van der Waals surface area (Å²) in [6.45, 7) is 2.34. The SMILES string of the molecule is Cc1ccc(S(=O)(=O)N2C[C@@H]3C[C@H](NC(=O)c4ccccc4)[C@H]2C3)cc1Cl. The van der Waals surface area contributed by atoms with Crippen molar-refractivity contribution in [3.8, 4) is 0 Å². The fraction of sp³-hybridized carbons (Fsp3) is 0.350. The molecular formula is C20H21ClN2O3S. The molecule has 7 heteroatoms. The number of aryl methyl sites for hydroxylation is 1. The number of piperidine rings is 1. The van der Waals surface area contributed by atoms with Crippen molar-refractivity contribution in [1.29, 1.82) is 0 Å². The number of fused-ring (bicyclic) bond motifs is 2. The predicted octanol–water partition coefficient (Wildman–Crippen LogP) is 3.23. The average Bonchev–Trinajstić information content (AvgIpc) is 3.25. The minimum atomic E-state index is -3.64. The summed E-state index contributed by atoms with van der Waals surface area (Å²) in [7, 11) is -3.64. The molecule has 1 aliphatic heterocycles. The number of sulfonamides is 1. The molecule has 1 N–H and O–H groups in total. The molecule has 1 heterocycles. The van der Waals surface area contributed by atoms with E-state index in [1.54, 1.807) is 24.3 Å². The molecule has 1 amide bonds. The van der Waals surface area contributed by atoms with E-state index in [0.29, 0.717) is 17.1 Å². The number of nitrogens with one attached hydrogen (secondary N) is 1. The molecule has 0 radical (unpaired) electrons. The van der Waals surface area contributed by atoms with Gasteiger partial charge in [0, 0.05) is 29.2 Å². The summed E-state index contributed by atoms with van der Waals surface area (Å²) >= 11 is 6.13. The van der Waals surface area contributed by atoms with Crippen LogP contribution >= 0.6 is 11.6 Å². The first kappa shape index (κ1) is 18.5. The van der Waals surface area contributed by atoms with Crippen LogP contribution in [0.3, 0.4) is 0 Å². The van der Waals surface area contributed by atoms with Crippen LogP contribution in [0.4, 0.5) is 0 Å². The Morgan fingerprint density at radius 2 is 1.89 bits per heavy atom. The van der Waals surface area contributed by atoms with Gasteiger partial charge < -0.3 is 5.32 Å². The summed E-state index contributed by atoms with van der Waals surface area (Å²) in [5.41, 5.74) is 1.42. The van der Waals surface area contributed by atoms with Crippen LogP contribution in [-0.2, 0) is 10.0 Å². The number of carbonyl (C=O) groups excluding carboxylic acids is 1. The summed E-state index contributed by atoms with van der Waals surface area (Å²) in [4.78, 5) is 12.7. The Bertz CT molecular complexity index is 978. The maximum Gasteiger partial charge on any atom is 0.251 e. The van der Waals surface area contributed by atoms with E-state index in [9.17, 15) is 13.2 Å². The summed E-state index contributed by atoms with van der Waals surface area (Å²) in [5, 5.41) is 3.47.